The SMILES string of the molecule is Cn1c(SCC(=O)Nc2cc(Cl)ccc2C#N)nnc1-c1ccc(F)cc1. The number of nitrogens with one attached hydrogen (secondary N) is 1. The molecule has 1 heterocycles. The summed E-state index contributed by atoms with van der Waals surface area (Å²) < 4.78 is 14.8. The first-order chi connectivity index (χ1) is 13.0. The number of rotatable bonds is 5. The zero-order valence-corrected chi connectivity index (χ0v) is 15.7. The number of benzene rings is 2. The number of halogens is 2. The fraction of sp³-hybridized carbons (Fsp3) is 0.111. The van der Waals surface area contributed by atoms with Crippen LogP contribution in [0.3, 0.4) is 0 Å². The molecule has 0 atom stereocenters. The van der Waals surface area contributed by atoms with Crippen LogP contribution in [0.25, 0.3) is 11.4 Å². The number of nitrogens with zero attached hydrogens (tertiary/aromatic N) is 4. The number of carbonyl (C=O) groups is 1. The zero-order chi connectivity index (χ0) is 19.4. The fourth-order valence-corrected chi connectivity index (χ4v) is 3.21. The number of aromatic nitrogens is 3. The van der Waals surface area contributed by atoms with E-state index < -0.39 is 0 Å². The summed E-state index contributed by atoms with van der Waals surface area (Å²) in [6.45, 7) is 0. The average molecular weight is 402 g/mol. The van der Waals surface area contributed by atoms with Gasteiger partial charge in [0, 0.05) is 17.6 Å². The lowest BCUT2D eigenvalue weighted by molar-refractivity contribution is -0.113. The molecular weight excluding hydrogens is 389 g/mol. The molecule has 2 aromatic carbocycles. The summed E-state index contributed by atoms with van der Waals surface area (Å²) >= 11 is 7.11. The molecule has 0 aliphatic rings. The zero-order valence-electron chi connectivity index (χ0n) is 14.1. The lowest BCUT2D eigenvalue weighted by Gasteiger charge is -2.07. The summed E-state index contributed by atoms with van der Waals surface area (Å²) in [5.74, 6) is 0.0156. The van der Waals surface area contributed by atoms with Gasteiger partial charge in [0.25, 0.3) is 0 Å². The minimum Gasteiger partial charge on any atom is -0.324 e. The molecule has 3 rings (SSSR count). The van der Waals surface area contributed by atoms with Crippen LogP contribution < -0.4 is 5.32 Å². The summed E-state index contributed by atoms with van der Waals surface area (Å²) in [4.78, 5) is 12.2. The molecule has 0 saturated heterocycles. The summed E-state index contributed by atoms with van der Waals surface area (Å²) in [6.07, 6.45) is 0. The number of anilines is 1. The molecule has 3 aromatic rings. The van der Waals surface area contributed by atoms with Crippen molar-refractivity contribution in [2.75, 3.05) is 11.1 Å². The molecule has 9 heteroatoms. The van der Waals surface area contributed by atoms with Crippen LogP contribution in [0.2, 0.25) is 5.02 Å². The second kappa shape index (κ2) is 8.20. The van der Waals surface area contributed by atoms with Crippen LogP contribution >= 0.6 is 23.4 Å². The van der Waals surface area contributed by atoms with Crippen molar-refractivity contribution in [2.45, 2.75) is 5.16 Å². The minimum atomic E-state index is -0.329. The number of amides is 1. The molecule has 0 fully saturated rings. The maximum atomic E-state index is 13.1. The fourth-order valence-electron chi connectivity index (χ4n) is 2.32. The average Bonchev–Trinajstić information content (AvgIpc) is 3.01. The first kappa shape index (κ1) is 18.9. The third kappa shape index (κ3) is 4.45. The summed E-state index contributed by atoms with van der Waals surface area (Å²) in [7, 11) is 1.77. The number of hydrogen-bond acceptors (Lipinski definition) is 5. The number of hydrogen-bond donors (Lipinski definition) is 1. The molecule has 0 saturated carbocycles. The molecule has 6 nitrogen and oxygen atoms in total. The van der Waals surface area contributed by atoms with Crippen LogP contribution in [0, 0.1) is 17.1 Å². The Morgan fingerprint density at radius 3 is 2.74 bits per heavy atom. The highest BCUT2D eigenvalue weighted by molar-refractivity contribution is 7.99. The predicted octanol–water partition coefficient (Wildman–Crippen LogP) is 3.88. The van der Waals surface area contributed by atoms with Gasteiger partial charge in [-0.3, -0.25) is 4.79 Å². The molecular formula is C18H13ClFN5OS. The van der Waals surface area contributed by atoms with E-state index in [4.69, 9.17) is 16.9 Å². The molecule has 1 aromatic heterocycles. The normalized spacial score (nSPS) is 10.4. The van der Waals surface area contributed by atoms with Crippen molar-refractivity contribution in [1.29, 1.82) is 5.26 Å². The second-order valence-electron chi connectivity index (χ2n) is 5.51. The van der Waals surface area contributed by atoms with Crippen LogP contribution in [0.1, 0.15) is 5.56 Å². The van der Waals surface area contributed by atoms with Gasteiger partial charge in [-0.25, -0.2) is 4.39 Å². The van der Waals surface area contributed by atoms with Crippen molar-refractivity contribution in [1.82, 2.24) is 14.8 Å². The minimum absolute atomic E-state index is 0.0762. The Kier molecular flexibility index (Phi) is 5.74. The van der Waals surface area contributed by atoms with E-state index in [1.54, 1.807) is 35.9 Å². The van der Waals surface area contributed by atoms with Gasteiger partial charge < -0.3 is 9.88 Å². The summed E-state index contributed by atoms with van der Waals surface area (Å²) in [5.41, 5.74) is 1.41. The molecule has 1 amide bonds. The maximum Gasteiger partial charge on any atom is 0.234 e. The van der Waals surface area contributed by atoms with Crippen LogP contribution in [0.4, 0.5) is 10.1 Å². The molecule has 0 unspecified atom stereocenters. The standard InChI is InChI=1S/C18H13ClFN5OS/c1-25-17(11-3-6-14(20)7-4-11)23-24-18(25)27-10-16(26)22-15-8-13(19)5-2-12(15)9-21/h2-8H,10H2,1H3,(H,22,26). The molecule has 0 aliphatic carbocycles. The highest BCUT2D eigenvalue weighted by atomic mass is 35.5. The van der Waals surface area contributed by atoms with Gasteiger partial charge >= 0.3 is 0 Å². The van der Waals surface area contributed by atoms with Gasteiger partial charge in [-0.2, -0.15) is 5.26 Å². The Bertz CT molecular complexity index is 1030. The molecule has 1 N–H and O–H groups in total. The topological polar surface area (TPSA) is 83.6 Å². The van der Waals surface area contributed by atoms with Crippen LogP contribution in [0.5, 0.6) is 0 Å². The Morgan fingerprint density at radius 1 is 1.30 bits per heavy atom. The Morgan fingerprint density at radius 2 is 2.04 bits per heavy atom. The lowest BCUT2D eigenvalue weighted by atomic mass is 10.2. The predicted molar refractivity (Wildman–Crippen MR) is 102 cm³/mol. The van der Waals surface area contributed by atoms with Crippen molar-refractivity contribution >= 4 is 35.0 Å². The van der Waals surface area contributed by atoms with Gasteiger partial charge in [-0.05, 0) is 42.5 Å². The first-order valence-corrected chi connectivity index (χ1v) is 9.12. The molecule has 0 radical (unpaired) electrons. The molecule has 0 bridgehead atoms. The van der Waals surface area contributed by atoms with Gasteiger partial charge in [0.15, 0.2) is 11.0 Å². The third-order valence-corrected chi connectivity index (χ3v) is 4.90. The van der Waals surface area contributed by atoms with E-state index in [0.717, 1.165) is 5.56 Å². The van der Waals surface area contributed by atoms with E-state index in [0.29, 0.717) is 27.3 Å². The van der Waals surface area contributed by atoms with Crippen molar-refractivity contribution < 1.29 is 9.18 Å². The van der Waals surface area contributed by atoms with Gasteiger partial charge in [-0.1, -0.05) is 23.4 Å². The highest BCUT2D eigenvalue weighted by Gasteiger charge is 2.14. The van der Waals surface area contributed by atoms with E-state index in [2.05, 4.69) is 15.5 Å². The number of carbonyl (C=O) groups excluding carboxylic acids is 1. The Hall–Kier alpha value is -2.89. The molecule has 136 valence electrons. The van der Waals surface area contributed by atoms with Gasteiger partial charge in [0.05, 0.1) is 17.0 Å². The largest absolute Gasteiger partial charge is 0.324 e. The monoisotopic (exact) mass is 401 g/mol. The van der Waals surface area contributed by atoms with Crippen molar-refractivity contribution in [3.63, 3.8) is 0 Å². The van der Waals surface area contributed by atoms with Gasteiger partial charge in [0.1, 0.15) is 11.9 Å². The van der Waals surface area contributed by atoms with Crippen LogP contribution in [0.15, 0.2) is 47.6 Å². The number of nitriles is 1. The number of thioether (sulfide) groups is 1. The lowest BCUT2D eigenvalue weighted by Crippen LogP contribution is -2.15. The quantitative estimate of drug-likeness (QED) is 0.656. The molecule has 0 aliphatic heterocycles. The maximum absolute atomic E-state index is 13.1. The van der Waals surface area contributed by atoms with Gasteiger partial charge in [-0.15, -0.1) is 10.2 Å². The Balaban J connectivity index is 1.67. The molecule has 27 heavy (non-hydrogen) atoms. The smallest absolute Gasteiger partial charge is 0.234 e. The Labute approximate surface area is 164 Å². The van der Waals surface area contributed by atoms with E-state index in [1.807, 2.05) is 6.07 Å². The first-order valence-electron chi connectivity index (χ1n) is 7.75. The van der Waals surface area contributed by atoms with Crippen molar-refractivity contribution in [2.24, 2.45) is 7.05 Å². The second-order valence-corrected chi connectivity index (χ2v) is 6.89. The van der Waals surface area contributed by atoms with Gasteiger partial charge in [0.2, 0.25) is 5.91 Å². The summed E-state index contributed by atoms with van der Waals surface area (Å²) in [5, 5.41) is 20.9. The molecule has 0 spiro atoms. The van der Waals surface area contributed by atoms with E-state index >= 15 is 0 Å². The van der Waals surface area contributed by atoms with Crippen molar-refractivity contribution in [3.8, 4) is 17.5 Å². The van der Waals surface area contributed by atoms with E-state index in [9.17, 15) is 9.18 Å². The third-order valence-electron chi connectivity index (χ3n) is 3.65. The van der Waals surface area contributed by atoms with E-state index in [1.165, 1.54) is 30.0 Å². The summed E-state index contributed by atoms with van der Waals surface area (Å²) in [6, 6.07) is 12.6. The van der Waals surface area contributed by atoms with Crippen LogP contribution in [-0.2, 0) is 11.8 Å². The van der Waals surface area contributed by atoms with E-state index in [-0.39, 0.29) is 17.5 Å². The van der Waals surface area contributed by atoms with Crippen LogP contribution in [-0.4, -0.2) is 26.4 Å². The van der Waals surface area contributed by atoms with Crippen molar-refractivity contribution in [3.05, 3.63) is 58.9 Å². The highest BCUT2D eigenvalue weighted by Crippen LogP contribution is 2.24.